The number of hydrogen-bond donors (Lipinski definition) is 1. The second-order valence-electron chi connectivity index (χ2n) is 8.44. The van der Waals surface area contributed by atoms with Crippen LogP contribution in [0, 0.1) is 13.8 Å². The van der Waals surface area contributed by atoms with E-state index in [4.69, 9.17) is 0 Å². The fourth-order valence-electron chi connectivity index (χ4n) is 3.93. The van der Waals surface area contributed by atoms with Gasteiger partial charge >= 0.3 is 0 Å². The number of aryl methyl sites for hydroxylation is 2. The Hall–Kier alpha value is -2.64. The first-order valence-corrected chi connectivity index (χ1v) is 12.3. The Bertz CT molecular complexity index is 1040. The maximum atomic E-state index is 12.6. The quantitative estimate of drug-likeness (QED) is 0.507. The molecular weight excluding hydrogens is 418 g/mol. The van der Waals surface area contributed by atoms with Crippen LogP contribution in [0.4, 0.5) is 5.69 Å². The summed E-state index contributed by atoms with van der Waals surface area (Å²) in [6, 6.07) is 16.3. The first-order valence-electron chi connectivity index (χ1n) is 11.3. The van der Waals surface area contributed by atoms with Gasteiger partial charge in [-0.3, -0.25) is 9.69 Å². The van der Waals surface area contributed by atoms with Gasteiger partial charge in [-0.1, -0.05) is 54.6 Å². The van der Waals surface area contributed by atoms with Gasteiger partial charge in [0.2, 0.25) is 5.91 Å². The molecule has 1 aromatic heterocycles. The molecule has 0 spiro atoms. The molecule has 1 fully saturated rings. The average Bonchev–Trinajstić information content (AvgIpc) is 3.17. The standard InChI is InChI=1S/C25H31N5OS/c1-19-11-12-22(15-20(19)2)26-24(31)18-32-25-28-27-23(17-29-13-7-4-8-14-29)30(25)16-21-9-5-3-6-10-21/h3,5-6,9-12,15H,4,7-8,13-14,16-18H2,1-2H3,(H,26,31). The number of nitrogens with one attached hydrogen (secondary N) is 1. The number of amides is 1. The third kappa shape index (κ3) is 5.99. The molecule has 1 amide bonds. The van der Waals surface area contributed by atoms with Gasteiger partial charge in [0, 0.05) is 5.69 Å². The van der Waals surface area contributed by atoms with Crippen LogP contribution in [0.25, 0.3) is 0 Å². The van der Waals surface area contributed by atoms with Crippen LogP contribution >= 0.6 is 11.8 Å². The Labute approximate surface area is 194 Å². The summed E-state index contributed by atoms with van der Waals surface area (Å²) >= 11 is 1.44. The van der Waals surface area contributed by atoms with Gasteiger partial charge in [0.15, 0.2) is 5.16 Å². The lowest BCUT2D eigenvalue weighted by molar-refractivity contribution is -0.113. The van der Waals surface area contributed by atoms with E-state index in [0.29, 0.717) is 12.3 Å². The Morgan fingerprint density at radius 1 is 0.969 bits per heavy atom. The molecule has 0 unspecified atom stereocenters. The minimum Gasteiger partial charge on any atom is -0.325 e. The molecule has 3 aromatic rings. The number of benzene rings is 2. The summed E-state index contributed by atoms with van der Waals surface area (Å²) in [5.41, 5.74) is 4.41. The smallest absolute Gasteiger partial charge is 0.234 e. The molecule has 168 valence electrons. The van der Waals surface area contributed by atoms with E-state index in [1.165, 1.54) is 47.7 Å². The van der Waals surface area contributed by atoms with E-state index in [2.05, 4.69) is 51.0 Å². The Morgan fingerprint density at radius 2 is 1.75 bits per heavy atom. The van der Waals surface area contributed by atoms with Gasteiger partial charge in [-0.15, -0.1) is 10.2 Å². The van der Waals surface area contributed by atoms with E-state index in [1.54, 1.807) is 0 Å². The van der Waals surface area contributed by atoms with E-state index in [-0.39, 0.29) is 5.91 Å². The fraction of sp³-hybridized carbons (Fsp3) is 0.400. The molecule has 0 aliphatic carbocycles. The zero-order chi connectivity index (χ0) is 22.3. The SMILES string of the molecule is Cc1ccc(NC(=O)CSc2nnc(CN3CCCCC3)n2Cc2ccccc2)cc1C. The molecule has 4 rings (SSSR count). The van der Waals surface area contributed by atoms with Crippen LogP contribution in [-0.4, -0.2) is 44.4 Å². The van der Waals surface area contributed by atoms with E-state index in [0.717, 1.165) is 36.3 Å². The molecule has 0 atom stereocenters. The lowest BCUT2D eigenvalue weighted by atomic mass is 10.1. The van der Waals surface area contributed by atoms with Crippen LogP contribution in [-0.2, 0) is 17.9 Å². The third-order valence-electron chi connectivity index (χ3n) is 5.91. The number of thioether (sulfide) groups is 1. The number of carbonyl (C=O) groups excluding carboxylic acids is 1. The maximum absolute atomic E-state index is 12.6. The molecule has 1 saturated heterocycles. The highest BCUT2D eigenvalue weighted by Gasteiger charge is 2.18. The summed E-state index contributed by atoms with van der Waals surface area (Å²) in [4.78, 5) is 15.0. The Morgan fingerprint density at radius 3 is 2.50 bits per heavy atom. The zero-order valence-corrected chi connectivity index (χ0v) is 19.7. The third-order valence-corrected chi connectivity index (χ3v) is 6.88. The Balaban J connectivity index is 1.45. The summed E-state index contributed by atoms with van der Waals surface area (Å²) < 4.78 is 2.16. The number of aromatic nitrogens is 3. The van der Waals surface area contributed by atoms with Gasteiger partial charge in [0.25, 0.3) is 0 Å². The highest BCUT2D eigenvalue weighted by molar-refractivity contribution is 7.99. The number of nitrogens with zero attached hydrogens (tertiary/aromatic N) is 4. The van der Waals surface area contributed by atoms with Crippen molar-refractivity contribution in [3.8, 4) is 0 Å². The molecule has 0 bridgehead atoms. The predicted octanol–water partition coefficient (Wildman–Crippen LogP) is 4.66. The van der Waals surface area contributed by atoms with Crippen molar-refractivity contribution in [3.63, 3.8) is 0 Å². The molecule has 32 heavy (non-hydrogen) atoms. The topological polar surface area (TPSA) is 63.1 Å². The largest absolute Gasteiger partial charge is 0.325 e. The molecule has 0 radical (unpaired) electrons. The van der Waals surface area contributed by atoms with Crippen LogP contribution in [0.5, 0.6) is 0 Å². The monoisotopic (exact) mass is 449 g/mol. The van der Waals surface area contributed by atoms with Crippen molar-refractivity contribution in [2.45, 2.75) is 51.4 Å². The second kappa shape index (κ2) is 10.8. The van der Waals surface area contributed by atoms with Gasteiger partial charge in [0.05, 0.1) is 18.8 Å². The molecule has 2 aromatic carbocycles. The average molecular weight is 450 g/mol. The van der Waals surface area contributed by atoms with Crippen molar-refractivity contribution in [2.24, 2.45) is 0 Å². The molecule has 1 N–H and O–H groups in total. The lowest BCUT2D eigenvalue weighted by Gasteiger charge is -2.26. The molecule has 2 heterocycles. The molecule has 1 aliphatic heterocycles. The molecule has 0 saturated carbocycles. The van der Waals surface area contributed by atoms with Crippen molar-refractivity contribution in [3.05, 3.63) is 71.0 Å². The van der Waals surface area contributed by atoms with Crippen molar-refractivity contribution < 1.29 is 4.79 Å². The van der Waals surface area contributed by atoms with Gasteiger partial charge < -0.3 is 9.88 Å². The fourth-order valence-corrected chi connectivity index (χ4v) is 4.69. The van der Waals surface area contributed by atoms with Crippen molar-refractivity contribution >= 4 is 23.4 Å². The second-order valence-corrected chi connectivity index (χ2v) is 9.39. The van der Waals surface area contributed by atoms with E-state index in [9.17, 15) is 4.79 Å². The summed E-state index contributed by atoms with van der Waals surface area (Å²) in [7, 11) is 0. The van der Waals surface area contributed by atoms with Crippen LogP contribution in [0.2, 0.25) is 0 Å². The molecule has 6 nitrogen and oxygen atoms in total. The first-order chi connectivity index (χ1) is 15.6. The molecule has 1 aliphatic rings. The number of piperidine rings is 1. The number of anilines is 1. The number of likely N-dealkylation sites (tertiary alicyclic amines) is 1. The van der Waals surface area contributed by atoms with Crippen molar-refractivity contribution in [2.75, 3.05) is 24.2 Å². The van der Waals surface area contributed by atoms with Crippen LogP contribution in [0.15, 0.2) is 53.7 Å². The Kier molecular flexibility index (Phi) is 7.60. The summed E-state index contributed by atoms with van der Waals surface area (Å²) in [5.74, 6) is 1.22. The van der Waals surface area contributed by atoms with Gasteiger partial charge in [0.1, 0.15) is 5.82 Å². The zero-order valence-electron chi connectivity index (χ0n) is 18.9. The van der Waals surface area contributed by atoms with Gasteiger partial charge in [-0.05, 0) is 68.6 Å². The number of carbonyl (C=O) groups is 1. The van der Waals surface area contributed by atoms with E-state index in [1.807, 2.05) is 36.4 Å². The van der Waals surface area contributed by atoms with Crippen molar-refractivity contribution in [1.82, 2.24) is 19.7 Å². The van der Waals surface area contributed by atoms with Crippen molar-refractivity contribution in [1.29, 1.82) is 0 Å². The molecule has 7 heteroatoms. The number of hydrogen-bond acceptors (Lipinski definition) is 5. The lowest BCUT2D eigenvalue weighted by Crippen LogP contribution is -2.30. The van der Waals surface area contributed by atoms with Gasteiger partial charge in [-0.25, -0.2) is 0 Å². The molecular formula is C25H31N5OS. The number of rotatable bonds is 8. The first kappa shape index (κ1) is 22.6. The summed E-state index contributed by atoms with van der Waals surface area (Å²) in [5, 5.41) is 12.7. The highest BCUT2D eigenvalue weighted by Crippen LogP contribution is 2.22. The summed E-state index contributed by atoms with van der Waals surface area (Å²) in [6.45, 7) is 7.85. The minimum absolute atomic E-state index is 0.0369. The van der Waals surface area contributed by atoms with Crippen LogP contribution < -0.4 is 5.32 Å². The minimum atomic E-state index is -0.0369. The summed E-state index contributed by atoms with van der Waals surface area (Å²) in [6.07, 6.45) is 3.80. The predicted molar refractivity (Wildman–Crippen MR) is 130 cm³/mol. The highest BCUT2D eigenvalue weighted by atomic mass is 32.2. The van der Waals surface area contributed by atoms with E-state index < -0.39 is 0 Å². The van der Waals surface area contributed by atoms with Crippen LogP contribution in [0.1, 0.15) is 41.8 Å². The van der Waals surface area contributed by atoms with Gasteiger partial charge in [-0.2, -0.15) is 0 Å². The normalized spacial score (nSPS) is 14.4. The van der Waals surface area contributed by atoms with Crippen LogP contribution in [0.3, 0.4) is 0 Å². The maximum Gasteiger partial charge on any atom is 0.234 e. The van der Waals surface area contributed by atoms with E-state index >= 15 is 0 Å².